The lowest BCUT2D eigenvalue weighted by Crippen LogP contribution is -2.38. The topological polar surface area (TPSA) is 41.6 Å². The number of carbonyl (C=O) groups excluding carboxylic acids is 1. The van der Waals surface area contributed by atoms with Crippen LogP contribution in [0.1, 0.15) is 16.7 Å². The normalized spacial score (nSPS) is 10.1. The number of amides is 2. The van der Waals surface area contributed by atoms with E-state index in [0.717, 1.165) is 16.9 Å². The summed E-state index contributed by atoms with van der Waals surface area (Å²) in [5.41, 5.74) is 3.35. The molecule has 0 radical (unpaired) electrons. The molecule has 0 aliphatic rings. The Balaban J connectivity index is 1.80. The van der Waals surface area contributed by atoms with Gasteiger partial charge in [0.05, 0.1) is 0 Å². The van der Waals surface area contributed by atoms with Gasteiger partial charge in [-0.05, 0) is 31.0 Å². The van der Waals surface area contributed by atoms with Crippen LogP contribution in [-0.4, -0.2) is 24.7 Å². The maximum atomic E-state index is 12.0. The number of rotatable bonds is 5. The zero-order valence-electron chi connectivity index (χ0n) is 13.3. The maximum Gasteiger partial charge on any atom is 0.320 e. The number of ether oxygens (including phenoxy) is 1. The van der Waals surface area contributed by atoms with Gasteiger partial charge in [-0.3, -0.25) is 0 Å². The van der Waals surface area contributed by atoms with Crippen molar-refractivity contribution in [1.29, 1.82) is 0 Å². The second kappa shape index (κ2) is 7.50. The minimum absolute atomic E-state index is 0.155. The summed E-state index contributed by atoms with van der Waals surface area (Å²) in [6.07, 6.45) is 0. The highest BCUT2D eigenvalue weighted by molar-refractivity contribution is 5.73. The molecule has 0 aromatic heterocycles. The molecule has 0 spiro atoms. The first kappa shape index (κ1) is 15.9. The third kappa shape index (κ3) is 4.52. The van der Waals surface area contributed by atoms with Gasteiger partial charge in [0.25, 0.3) is 0 Å². The van der Waals surface area contributed by atoms with Crippen LogP contribution < -0.4 is 10.1 Å². The van der Waals surface area contributed by atoms with E-state index in [-0.39, 0.29) is 12.8 Å². The number of nitrogens with one attached hydrogen (secondary N) is 1. The number of benzene rings is 2. The van der Waals surface area contributed by atoms with Crippen molar-refractivity contribution in [1.82, 2.24) is 10.2 Å². The van der Waals surface area contributed by atoms with E-state index in [1.165, 1.54) is 5.56 Å². The molecule has 2 aromatic rings. The highest BCUT2D eigenvalue weighted by atomic mass is 16.5. The monoisotopic (exact) mass is 298 g/mol. The Kier molecular flexibility index (Phi) is 5.42. The van der Waals surface area contributed by atoms with Crippen molar-refractivity contribution in [2.45, 2.75) is 20.4 Å². The standard InChI is InChI=1S/C18H22N2O2/c1-14-9-10-17(15(2)11-14)22-13-19-18(21)20(3)12-16-7-5-4-6-8-16/h4-11H,12-13H2,1-3H3,(H,19,21). The van der Waals surface area contributed by atoms with Gasteiger partial charge in [-0.25, -0.2) is 4.79 Å². The Morgan fingerprint density at radius 1 is 1.14 bits per heavy atom. The van der Waals surface area contributed by atoms with Gasteiger partial charge in [0.15, 0.2) is 6.73 Å². The molecule has 0 saturated carbocycles. The van der Waals surface area contributed by atoms with Gasteiger partial charge in [0.2, 0.25) is 0 Å². The zero-order valence-corrected chi connectivity index (χ0v) is 13.3. The van der Waals surface area contributed by atoms with Crippen LogP contribution in [0.25, 0.3) is 0 Å². The minimum Gasteiger partial charge on any atom is -0.473 e. The number of hydrogen-bond donors (Lipinski definition) is 1. The molecule has 4 nitrogen and oxygen atoms in total. The molecule has 4 heteroatoms. The summed E-state index contributed by atoms with van der Waals surface area (Å²) < 4.78 is 5.60. The number of carbonyl (C=O) groups is 1. The van der Waals surface area contributed by atoms with Crippen molar-refractivity contribution in [3.8, 4) is 5.75 Å². The first-order chi connectivity index (χ1) is 10.6. The lowest BCUT2D eigenvalue weighted by atomic mass is 10.1. The molecule has 0 heterocycles. The third-order valence-electron chi connectivity index (χ3n) is 3.39. The largest absolute Gasteiger partial charge is 0.473 e. The van der Waals surface area contributed by atoms with E-state index in [2.05, 4.69) is 11.4 Å². The first-order valence-corrected chi connectivity index (χ1v) is 7.29. The van der Waals surface area contributed by atoms with Crippen LogP contribution in [0.5, 0.6) is 5.75 Å². The minimum atomic E-state index is -0.159. The molecule has 0 aliphatic heterocycles. The molecule has 22 heavy (non-hydrogen) atoms. The molecular formula is C18H22N2O2. The summed E-state index contributed by atoms with van der Waals surface area (Å²) in [7, 11) is 1.76. The molecule has 0 fully saturated rings. The van der Waals surface area contributed by atoms with Crippen molar-refractivity contribution >= 4 is 6.03 Å². The quantitative estimate of drug-likeness (QED) is 0.859. The van der Waals surface area contributed by atoms with E-state index < -0.39 is 0 Å². The van der Waals surface area contributed by atoms with E-state index in [1.807, 2.05) is 56.3 Å². The van der Waals surface area contributed by atoms with Gasteiger partial charge in [0.1, 0.15) is 5.75 Å². The lowest BCUT2D eigenvalue weighted by Gasteiger charge is -2.18. The predicted molar refractivity (Wildman–Crippen MR) is 87.9 cm³/mol. The van der Waals surface area contributed by atoms with Gasteiger partial charge >= 0.3 is 6.03 Å². The van der Waals surface area contributed by atoms with Crippen molar-refractivity contribution < 1.29 is 9.53 Å². The fourth-order valence-electron chi connectivity index (χ4n) is 2.20. The second-order valence-corrected chi connectivity index (χ2v) is 5.38. The maximum absolute atomic E-state index is 12.0. The highest BCUT2D eigenvalue weighted by Gasteiger charge is 2.08. The fourth-order valence-corrected chi connectivity index (χ4v) is 2.20. The predicted octanol–water partition coefficient (Wildman–Crippen LogP) is 3.48. The van der Waals surface area contributed by atoms with Crippen LogP contribution in [0.4, 0.5) is 4.79 Å². The first-order valence-electron chi connectivity index (χ1n) is 7.29. The van der Waals surface area contributed by atoms with E-state index in [4.69, 9.17) is 4.74 Å². The van der Waals surface area contributed by atoms with Crippen LogP contribution in [-0.2, 0) is 6.54 Å². The highest BCUT2D eigenvalue weighted by Crippen LogP contribution is 2.18. The van der Waals surface area contributed by atoms with E-state index in [9.17, 15) is 4.79 Å². The molecule has 2 aromatic carbocycles. The summed E-state index contributed by atoms with van der Waals surface area (Å²) in [6, 6.07) is 15.7. The summed E-state index contributed by atoms with van der Waals surface area (Å²) in [5, 5.41) is 2.76. The SMILES string of the molecule is Cc1ccc(OCNC(=O)N(C)Cc2ccccc2)c(C)c1. The molecule has 116 valence electrons. The van der Waals surface area contributed by atoms with Crippen LogP contribution in [0.2, 0.25) is 0 Å². The lowest BCUT2D eigenvalue weighted by molar-refractivity contribution is 0.192. The third-order valence-corrected chi connectivity index (χ3v) is 3.39. The number of aryl methyl sites for hydroxylation is 2. The number of urea groups is 1. The van der Waals surface area contributed by atoms with E-state index >= 15 is 0 Å². The van der Waals surface area contributed by atoms with Crippen LogP contribution in [0, 0.1) is 13.8 Å². The van der Waals surface area contributed by atoms with Gasteiger partial charge in [-0.15, -0.1) is 0 Å². The summed E-state index contributed by atoms with van der Waals surface area (Å²) in [4.78, 5) is 13.6. The Morgan fingerprint density at radius 2 is 1.86 bits per heavy atom. The van der Waals surface area contributed by atoms with E-state index in [0.29, 0.717) is 6.54 Å². The molecule has 1 N–H and O–H groups in total. The average Bonchev–Trinajstić information content (AvgIpc) is 2.50. The van der Waals surface area contributed by atoms with Crippen LogP contribution in [0.15, 0.2) is 48.5 Å². The molecule has 0 bridgehead atoms. The zero-order chi connectivity index (χ0) is 15.9. The fraction of sp³-hybridized carbons (Fsp3) is 0.278. The van der Waals surface area contributed by atoms with Crippen molar-refractivity contribution in [2.24, 2.45) is 0 Å². The molecule has 0 saturated heterocycles. The molecule has 0 aliphatic carbocycles. The Morgan fingerprint density at radius 3 is 2.55 bits per heavy atom. The van der Waals surface area contributed by atoms with Crippen molar-refractivity contribution in [3.05, 3.63) is 65.2 Å². The second-order valence-electron chi connectivity index (χ2n) is 5.38. The van der Waals surface area contributed by atoms with Gasteiger partial charge < -0.3 is 15.0 Å². The molecule has 0 atom stereocenters. The molecular weight excluding hydrogens is 276 g/mol. The Bertz CT molecular complexity index is 626. The Labute approximate surface area is 131 Å². The summed E-state index contributed by atoms with van der Waals surface area (Å²) in [5.74, 6) is 0.789. The average molecular weight is 298 g/mol. The molecule has 2 amide bonds. The van der Waals surface area contributed by atoms with Crippen LogP contribution >= 0.6 is 0 Å². The Hall–Kier alpha value is -2.49. The number of hydrogen-bond acceptors (Lipinski definition) is 2. The van der Waals surface area contributed by atoms with E-state index in [1.54, 1.807) is 11.9 Å². The van der Waals surface area contributed by atoms with Gasteiger partial charge in [-0.1, -0.05) is 48.0 Å². The van der Waals surface area contributed by atoms with Gasteiger partial charge in [-0.2, -0.15) is 0 Å². The van der Waals surface area contributed by atoms with Crippen molar-refractivity contribution in [2.75, 3.05) is 13.8 Å². The van der Waals surface area contributed by atoms with Gasteiger partial charge in [0, 0.05) is 13.6 Å². The molecule has 0 unspecified atom stereocenters. The summed E-state index contributed by atoms with van der Waals surface area (Å²) in [6.45, 7) is 4.75. The number of nitrogens with zero attached hydrogens (tertiary/aromatic N) is 1. The van der Waals surface area contributed by atoms with Crippen molar-refractivity contribution in [3.63, 3.8) is 0 Å². The smallest absolute Gasteiger partial charge is 0.320 e. The summed E-state index contributed by atoms with van der Waals surface area (Å²) >= 11 is 0. The van der Waals surface area contributed by atoms with Crippen LogP contribution in [0.3, 0.4) is 0 Å². The molecule has 2 rings (SSSR count).